The van der Waals surface area contributed by atoms with E-state index in [2.05, 4.69) is 0 Å². The Bertz CT molecular complexity index is 1040. The SMILES string of the molecule is COc1ccc(CN2C(=O)C(c3ccc(C)c(C)c3)=C(N(C)CCO)C2=O)cc1OC. The number of likely N-dealkylation sites (N-methyl/N-ethyl adjacent to an activating group) is 1. The summed E-state index contributed by atoms with van der Waals surface area (Å²) < 4.78 is 10.6. The Kier molecular flexibility index (Phi) is 6.65. The van der Waals surface area contributed by atoms with Gasteiger partial charge in [-0.05, 0) is 48.2 Å². The van der Waals surface area contributed by atoms with Crippen LogP contribution < -0.4 is 9.47 Å². The zero-order valence-corrected chi connectivity index (χ0v) is 18.6. The van der Waals surface area contributed by atoms with E-state index in [0.29, 0.717) is 28.3 Å². The van der Waals surface area contributed by atoms with Gasteiger partial charge in [0.2, 0.25) is 0 Å². The van der Waals surface area contributed by atoms with E-state index < -0.39 is 0 Å². The minimum atomic E-state index is -0.385. The number of amides is 2. The molecule has 1 N–H and O–H groups in total. The molecule has 2 aromatic rings. The quantitative estimate of drug-likeness (QED) is 0.656. The zero-order valence-electron chi connectivity index (χ0n) is 18.6. The number of aryl methyl sites for hydroxylation is 2. The van der Waals surface area contributed by atoms with Crippen molar-refractivity contribution >= 4 is 17.4 Å². The molecular weight excluding hydrogens is 396 g/mol. The van der Waals surface area contributed by atoms with Gasteiger partial charge in [0.1, 0.15) is 5.70 Å². The number of ether oxygens (including phenoxy) is 2. The largest absolute Gasteiger partial charge is 0.493 e. The lowest BCUT2D eigenvalue weighted by molar-refractivity contribution is -0.138. The van der Waals surface area contributed by atoms with Gasteiger partial charge in [-0.3, -0.25) is 14.5 Å². The Morgan fingerprint density at radius 2 is 1.65 bits per heavy atom. The van der Waals surface area contributed by atoms with Crippen molar-refractivity contribution in [3.05, 3.63) is 64.3 Å². The topological polar surface area (TPSA) is 79.3 Å². The van der Waals surface area contributed by atoms with Crippen LogP contribution in [0.1, 0.15) is 22.3 Å². The van der Waals surface area contributed by atoms with Crippen molar-refractivity contribution < 1.29 is 24.2 Å². The monoisotopic (exact) mass is 424 g/mol. The number of benzene rings is 2. The molecule has 1 aliphatic heterocycles. The molecule has 31 heavy (non-hydrogen) atoms. The molecule has 7 heteroatoms. The summed E-state index contributed by atoms with van der Waals surface area (Å²) in [5, 5.41) is 9.39. The smallest absolute Gasteiger partial charge is 0.278 e. The molecule has 0 saturated carbocycles. The molecule has 164 valence electrons. The van der Waals surface area contributed by atoms with E-state index >= 15 is 0 Å². The van der Waals surface area contributed by atoms with Crippen LogP contribution in [0, 0.1) is 13.8 Å². The standard InChI is InChI=1S/C24H28N2O5/c1-15-6-8-18(12-16(15)2)21-22(25(3)10-11-27)24(29)26(23(21)28)14-17-7-9-19(30-4)20(13-17)31-5/h6-9,12-13,27H,10-11,14H2,1-5H3. The molecule has 0 saturated heterocycles. The molecule has 0 spiro atoms. The molecule has 1 aliphatic rings. The van der Waals surface area contributed by atoms with Gasteiger partial charge in [-0.2, -0.15) is 0 Å². The van der Waals surface area contributed by atoms with Gasteiger partial charge in [0, 0.05) is 13.6 Å². The normalized spacial score (nSPS) is 13.8. The molecule has 0 aromatic heterocycles. The first kappa shape index (κ1) is 22.4. The van der Waals surface area contributed by atoms with Crippen LogP contribution in [0.25, 0.3) is 5.57 Å². The molecule has 0 aliphatic carbocycles. The number of imide groups is 1. The summed E-state index contributed by atoms with van der Waals surface area (Å²) in [6, 6.07) is 11.0. The predicted molar refractivity (Wildman–Crippen MR) is 118 cm³/mol. The lowest BCUT2D eigenvalue weighted by atomic mass is 9.99. The van der Waals surface area contributed by atoms with E-state index in [0.717, 1.165) is 16.7 Å². The van der Waals surface area contributed by atoms with Gasteiger partial charge in [0.15, 0.2) is 11.5 Å². The number of carbonyl (C=O) groups excluding carboxylic acids is 2. The van der Waals surface area contributed by atoms with Crippen LogP contribution >= 0.6 is 0 Å². The number of aliphatic hydroxyl groups is 1. The number of hydrogen-bond acceptors (Lipinski definition) is 6. The minimum absolute atomic E-state index is 0.100. The summed E-state index contributed by atoms with van der Waals surface area (Å²) >= 11 is 0. The van der Waals surface area contributed by atoms with Crippen molar-refractivity contribution in [2.24, 2.45) is 0 Å². The average Bonchev–Trinajstić information content (AvgIpc) is 3.00. The highest BCUT2D eigenvalue weighted by molar-refractivity contribution is 6.35. The average molecular weight is 424 g/mol. The fourth-order valence-electron chi connectivity index (χ4n) is 3.64. The summed E-state index contributed by atoms with van der Waals surface area (Å²) in [6.07, 6.45) is 0. The van der Waals surface area contributed by atoms with Crippen molar-refractivity contribution in [2.45, 2.75) is 20.4 Å². The van der Waals surface area contributed by atoms with Crippen LogP contribution in [0.2, 0.25) is 0 Å². The Hall–Kier alpha value is -3.32. The summed E-state index contributed by atoms with van der Waals surface area (Å²) in [7, 11) is 4.79. The van der Waals surface area contributed by atoms with Crippen LogP contribution in [-0.4, -0.2) is 61.1 Å². The fraction of sp³-hybridized carbons (Fsp3) is 0.333. The second-order valence-electron chi connectivity index (χ2n) is 7.55. The van der Waals surface area contributed by atoms with E-state index in [-0.39, 0.29) is 31.5 Å². The number of nitrogens with zero attached hydrogens (tertiary/aromatic N) is 2. The second kappa shape index (κ2) is 9.22. The van der Waals surface area contributed by atoms with Gasteiger partial charge in [-0.25, -0.2) is 0 Å². The summed E-state index contributed by atoms with van der Waals surface area (Å²) in [4.78, 5) is 29.6. The first-order valence-corrected chi connectivity index (χ1v) is 10.0. The van der Waals surface area contributed by atoms with Gasteiger partial charge >= 0.3 is 0 Å². The first-order valence-electron chi connectivity index (χ1n) is 10.0. The third-order valence-corrected chi connectivity index (χ3v) is 5.54. The molecule has 3 rings (SSSR count). The van der Waals surface area contributed by atoms with Crippen molar-refractivity contribution in [1.82, 2.24) is 9.80 Å². The van der Waals surface area contributed by atoms with E-state index in [4.69, 9.17) is 9.47 Å². The number of methoxy groups -OCH3 is 2. The minimum Gasteiger partial charge on any atom is -0.493 e. The highest BCUT2D eigenvalue weighted by Gasteiger charge is 2.40. The summed E-state index contributed by atoms with van der Waals surface area (Å²) in [5.41, 5.74) is 4.22. The van der Waals surface area contributed by atoms with E-state index in [1.54, 1.807) is 37.3 Å². The Morgan fingerprint density at radius 3 is 2.26 bits per heavy atom. The van der Waals surface area contributed by atoms with Crippen molar-refractivity contribution in [1.29, 1.82) is 0 Å². The maximum absolute atomic E-state index is 13.4. The van der Waals surface area contributed by atoms with Gasteiger partial charge in [0.05, 0.1) is 32.9 Å². The number of hydrogen-bond donors (Lipinski definition) is 1. The van der Waals surface area contributed by atoms with Crippen LogP contribution in [-0.2, 0) is 16.1 Å². The molecule has 2 amide bonds. The Labute approximate surface area is 182 Å². The number of rotatable bonds is 8. The Morgan fingerprint density at radius 1 is 0.935 bits per heavy atom. The molecule has 0 unspecified atom stereocenters. The molecule has 2 aromatic carbocycles. The van der Waals surface area contributed by atoms with E-state index in [1.165, 1.54) is 12.0 Å². The molecule has 0 bridgehead atoms. The molecule has 0 fully saturated rings. The van der Waals surface area contributed by atoms with Crippen LogP contribution in [0.3, 0.4) is 0 Å². The van der Waals surface area contributed by atoms with Crippen LogP contribution in [0.15, 0.2) is 42.1 Å². The van der Waals surface area contributed by atoms with Crippen molar-refractivity contribution in [3.63, 3.8) is 0 Å². The summed E-state index contributed by atoms with van der Waals surface area (Å²) in [6.45, 7) is 4.18. The first-order chi connectivity index (χ1) is 14.8. The van der Waals surface area contributed by atoms with E-state index in [1.807, 2.05) is 32.0 Å². The maximum Gasteiger partial charge on any atom is 0.278 e. The lowest BCUT2D eigenvalue weighted by Gasteiger charge is -2.20. The Balaban J connectivity index is 2.02. The highest BCUT2D eigenvalue weighted by atomic mass is 16.5. The van der Waals surface area contributed by atoms with Gasteiger partial charge in [0.25, 0.3) is 11.8 Å². The number of carbonyl (C=O) groups is 2. The molecule has 0 radical (unpaired) electrons. The van der Waals surface area contributed by atoms with E-state index in [9.17, 15) is 14.7 Å². The predicted octanol–water partition coefficient (Wildman–Crippen LogP) is 2.52. The number of aliphatic hydroxyl groups excluding tert-OH is 1. The zero-order chi connectivity index (χ0) is 22.7. The van der Waals surface area contributed by atoms with Crippen LogP contribution in [0.5, 0.6) is 11.5 Å². The van der Waals surface area contributed by atoms with Crippen LogP contribution in [0.4, 0.5) is 0 Å². The molecule has 0 atom stereocenters. The second-order valence-corrected chi connectivity index (χ2v) is 7.55. The lowest BCUT2D eigenvalue weighted by Crippen LogP contribution is -2.34. The molecular formula is C24H28N2O5. The highest BCUT2D eigenvalue weighted by Crippen LogP contribution is 2.34. The maximum atomic E-state index is 13.4. The third kappa shape index (κ3) is 4.27. The van der Waals surface area contributed by atoms with Crippen molar-refractivity contribution in [2.75, 3.05) is 34.4 Å². The molecule has 7 nitrogen and oxygen atoms in total. The fourth-order valence-corrected chi connectivity index (χ4v) is 3.64. The van der Waals surface area contributed by atoms with Crippen molar-refractivity contribution in [3.8, 4) is 11.5 Å². The third-order valence-electron chi connectivity index (χ3n) is 5.54. The van der Waals surface area contributed by atoms with Gasteiger partial charge in [-0.1, -0.05) is 24.3 Å². The van der Waals surface area contributed by atoms with Gasteiger partial charge in [-0.15, -0.1) is 0 Å². The summed E-state index contributed by atoms with van der Waals surface area (Å²) in [5.74, 6) is 0.355. The van der Waals surface area contributed by atoms with Gasteiger partial charge < -0.3 is 19.5 Å². The molecule has 1 heterocycles.